The first-order valence-electron chi connectivity index (χ1n) is 6.80. The molecule has 94 valence electrons. The molecule has 0 aliphatic heterocycles. The Balaban J connectivity index is 1.97. The molecule has 0 aromatic carbocycles. The van der Waals surface area contributed by atoms with E-state index in [1.165, 1.54) is 32.1 Å². The van der Waals surface area contributed by atoms with Crippen molar-refractivity contribution in [2.75, 3.05) is 19.6 Å². The maximum Gasteiger partial charge on any atom is 0.220 e. The Bertz CT molecular complexity index is 188. The molecular weight excluding hydrogens is 200 g/mol. The van der Waals surface area contributed by atoms with Crippen LogP contribution in [0.25, 0.3) is 0 Å². The number of nitrogens with one attached hydrogen (secondary N) is 2. The molecule has 3 nitrogen and oxygen atoms in total. The SMILES string of the molecule is CCNCCCNC(=O)CC1CCCCC1. The smallest absolute Gasteiger partial charge is 0.220 e. The molecule has 1 rings (SSSR count). The molecule has 0 aromatic rings. The van der Waals surface area contributed by atoms with E-state index in [-0.39, 0.29) is 5.91 Å². The summed E-state index contributed by atoms with van der Waals surface area (Å²) in [5.41, 5.74) is 0. The Morgan fingerprint density at radius 3 is 2.62 bits per heavy atom. The normalized spacial score (nSPS) is 17.3. The van der Waals surface area contributed by atoms with E-state index in [0.29, 0.717) is 5.92 Å². The van der Waals surface area contributed by atoms with Gasteiger partial charge >= 0.3 is 0 Å². The molecule has 0 heterocycles. The first-order chi connectivity index (χ1) is 7.83. The van der Waals surface area contributed by atoms with Crippen molar-refractivity contribution < 1.29 is 4.79 Å². The van der Waals surface area contributed by atoms with Crippen molar-refractivity contribution >= 4 is 5.91 Å². The summed E-state index contributed by atoms with van der Waals surface area (Å²) >= 11 is 0. The van der Waals surface area contributed by atoms with Gasteiger partial charge in [-0.2, -0.15) is 0 Å². The number of hydrogen-bond acceptors (Lipinski definition) is 2. The van der Waals surface area contributed by atoms with Gasteiger partial charge in [0.15, 0.2) is 0 Å². The minimum absolute atomic E-state index is 0.253. The minimum Gasteiger partial charge on any atom is -0.356 e. The highest BCUT2D eigenvalue weighted by Crippen LogP contribution is 2.25. The summed E-state index contributed by atoms with van der Waals surface area (Å²) in [4.78, 5) is 11.6. The Morgan fingerprint density at radius 2 is 1.94 bits per heavy atom. The molecule has 3 heteroatoms. The van der Waals surface area contributed by atoms with Crippen molar-refractivity contribution in [3.63, 3.8) is 0 Å². The van der Waals surface area contributed by atoms with Crippen LogP contribution in [0.1, 0.15) is 51.9 Å². The predicted octanol–water partition coefficient (Wildman–Crippen LogP) is 2.07. The van der Waals surface area contributed by atoms with Crippen molar-refractivity contribution in [3.8, 4) is 0 Å². The summed E-state index contributed by atoms with van der Waals surface area (Å²) in [5, 5.41) is 6.26. The summed E-state index contributed by atoms with van der Waals surface area (Å²) < 4.78 is 0. The number of amides is 1. The first-order valence-corrected chi connectivity index (χ1v) is 6.80. The third-order valence-corrected chi connectivity index (χ3v) is 3.30. The van der Waals surface area contributed by atoms with Crippen LogP contribution in [-0.2, 0) is 4.79 Å². The molecule has 1 amide bonds. The van der Waals surface area contributed by atoms with Crippen LogP contribution in [0.15, 0.2) is 0 Å². The van der Waals surface area contributed by atoms with Crippen LogP contribution in [0, 0.1) is 5.92 Å². The zero-order chi connectivity index (χ0) is 11.6. The third kappa shape index (κ3) is 6.11. The van der Waals surface area contributed by atoms with Gasteiger partial charge in [0.25, 0.3) is 0 Å². The van der Waals surface area contributed by atoms with Gasteiger partial charge in [0.05, 0.1) is 0 Å². The van der Waals surface area contributed by atoms with Gasteiger partial charge in [-0.15, -0.1) is 0 Å². The summed E-state index contributed by atoms with van der Waals surface area (Å²) in [6, 6.07) is 0. The van der Waals surface area contributed by atoms with E-state index in [9.17, 15) is 4.79 Å². The lowest BCUT2D eigenvalue weighted by atomic mass is 9.87. The zero-order valence-electron chi connectivity index (χ0n) is 10.6. The van der Waals surface area contributed by atoms with E-state index < -0.39 is 0 Å². The van der Waals surface area contributed by atoms with Crippen molar-refractivity contribution in [1.82, 2.24) is 10.6 Å². The highest BCUT2D eigenvalue weighted by molar-refractivity contribution is 5.76. The Labute approximate surface area is 99.4 Å². The summed E-state index contributed by atoms with van der Waals surface area (Å²) in [6.45, 7) is 4.93. The fraction of sp³-hybridized carbons (Fsp3) is 0.923. The van der Waals surface area contributed by atoms with E-state index in [1.54, 1.807) is 0 Å². The van der Waals surface area contributed by atoms with E-state index in [4.69, 9.17) is 0 Å². The van der Waals surface area contributed by atoms with Crippen LogP contribution >= 0.6 is 0 Å². The molecule has 2 N–H and O–H groups in total. The first kappa shape index (κ1) is 13.5. The molecule has 16 heavy (non-hydrogen) atoms. The molecular formula is C13H26N2O. The quantitative estimate of drug-likeness (QED) is 0.653. The largest absolute Gasteiger partial charge is 0.356 e. The third-order valence-electron chi connectivity index (χ3n) is 3.30. The molecule has 0 bridgehead atoms. The van der Waals surface area contributed by atoms with Gasteiger partial charge in [-0.1, -0.05) is 26.2 Å². The summed E-state index contributed by atoms with van der Waals surface area (Å²) in [7, 11) is 0. The fourth-order valence-electron chi connectivity index (χ4n) is 2.34. The molecule has 0 saturated heterocycles. The molecule has 1 aliphatic rings. The van der Waals surface area contributed by atoms with Gasteiger partial charge in [0, 0.05) is 13.0 Å². The molecule has 0 spiro atoms. The van der Waals surface area contributed by atoms with E-state index >= 15 is 0 Å². The van der Waals surface area contributed by atoms with Crippen LogP contribution in [0.4, 0.5) is 0 Å². The number of carbonyl (C=O) groups excluding carboxylic acids is 1. The Hall–Kier alpha value is -0.570. The lowest BCUT2D eigenvalue weighted by Crippen LogP contribution is -2.29. The van der Waals surface area contributed by atoms with Gasteiger partial charge in [0.1, 0.15) is 0 Å². The van der Waals surface area contributed by atoms with Crippen LogP contribution in [0.2, 0.25) is 0 Å². The second kappa shape index (κ2) is 8.57. The molecule has 1 aliphatic carbocycles. The average Bonchev–Trinajstić information content (AvgIpc) is 2.30. The number of rotatable bonds is 7. The van der Waals surface area contributed by atoms with E-state index in [1.807, 2.05) is 0 Å². The second-order valence-corrected chi connectivity index (χ2v) is 4.77. The monoisotopic (exact) mass is 226 g/mol. The lowest BCUT2D eigenvalue weighted by Gasteiger charge is -2.20. The molecule has 0 radical (unpaired) electrons. The predicted molar refractivity (Wildman–Crippen MR) is 67.4 cm³/mol. The molecule has 0 aromatic heterocycles. The number of carbonyl (C=O) groups is 1. The standard InChI is InChI=1S/C13H26N2O/c1-2-14-9-6-10-15-13(16)11-12-7-4-3-5-8-12/h12,14H,2-11H2,1H3,(H,15,16). The van der Waals surface area contributed by atoms with Crippen molar-refractivity contribution in [3.05, 3.63) is 0 Å². The molecule has 0 unspecified atom stereocenters. The van der Waals surface area contributed by atoms with Crippen molar-refractivity contribution in [2.45, 2.75) is 51.9 Å². The highest BCUT2D eigenvalue weighted by atomic mass is 16.1. The van der Waals surface area contributed by atoms with Gasteiger partial charge < -0.3 is 10.6 Å². The zero-order valence-corrected chi connectivity index (χ0v) is 10.6. The van der Waals surface area contributed by atoms with Crippen LogP contribution < -0.4 is 10.6 Å². The highest BCUT2D eigenvalue weighted by Gasteiger charge is 2.16. The fourth-order valence-corrected chi connectivity index (χ4v) is 2.34. The van der Waals surface area contributed by atoms with E-state index in [2.05, 4.69) is 17.6 Å². The topological polar surface area (TPSA) is 41.1 Å². The van der Waals surface area contributed by atoms with Gasteiger partial charge in [-0.25, -0.2) is 0 Å². The maximum atomic E-state index is 11.6. The lowest BCUT2D eigenvalue weighted by molar-refractivity contribution is -0.122. The van der Waals surface area contributed by atoms with Crippen LogP contribution in [0.5, 0.6) is 0 Å². The Kier molecular flexibility index (Phi) is 7.23. The number of hydrogen-bond donors (Lipinski definition) is 2. The maximum absolute atomic E-state index is 11.6. The minimum atomic E-state index is 0.253. The Morgan fingerprint density at radius 1 is 1.19 bits per heavy atom. The molecule has 0 atom stereocenters. The van der Waals surface area contributed by atoms with Crippen molar-refractivity contribution in [2.24, 2.45) is 5.92 Å². The average molecular weight is 226 g/mol. The summed E-state index contributed by atoms with van der Waals surface area (Å²) in [5.74, 6) is 0.908. The second-order valence-electron chi connectivity index (χ2n) is 4.77. The van der Waals surface area contributed by atoms with Gasteiger partial charge in [-0.3, -0.25) is 4.79 Å². The van der Waals surface area contributed by atoms with Crippen LogP contribution in [-0.4, -0.2) is 25.5 Å². The van der Waals surface area contributed by atoms with Crippen LogP contribution in [0.3, 0.4) is 0 Å². The van der Waals surface area contributed by atoms with Gasteiger partial charge in [0.2, 0.25) is 5.91 Å². The van der Waals surface area contributed by atoms with Crippen molar-refractivity contribution in [1.29, 1.82) is 0 Å². The molecule has 1 saturated carbocycles. The van der Waals surface area contributed by atoms with Gasteiger partial charge in [-0.05, 0) is 38.3 Å². The molecule has 1 fully saturated rings. The van der Waals surface area contributed by atoms with E-state index in [0.717, 1.165) is 32.5 Å². The summed E-state index contributed by atoms with van der Waals surface area (Å²) in [6.07, 6.45) is 8.29.